The predicted octanol–water partition coefficient (Wildman–Crippen LogP) is 1.22. The Hall–Kier alpha value is -1.00. The summed E-state index contributed by atoms with van der Waals surface area (Å²) in [6.45, 7) is 5.98. The first kappa shape index (κ1) is 11.5. The van der Waals surface area contributed by atoms with E-state index in [-0.39, 0.29) is 6.61 Å². The van der Waals surface area contributed by atoms with Gasteiger partial charge in [-0.25, -0.2) is 9.97 Å². The van der Waals surface area contributed by atoms with E-state index in [1.54, 1.807) is 0 Å². The third-order valence-corrected chi connectivity index (χ3v) is 3.05. The fourth-order valence-electron chi connectivity index (χ4n) is 2.42. The molecule has 1 fully saturated rings. The van der Waals surface area contributed by atoms with Crippen molar-refractivity contribution in [2.24, 2.45) is 0 Å². The Morgan fingerprint density at radius 2 is 2.06 bits per heavy atom. The summed E-state index contributed by atoms with van der Waals surface area (Å²) in [6, 6.07) is 2.29. The van der Waals surface area contributed by atoms with E-state index in [0.717, 1.165) is 36.7 Å². The molecule has 2 heterocycles. The van der Waals surface area contributed by atoms with Gasteiger partial charge in [0.15, 0.2) is 0 Å². The number of β-amino-alcohol motifs (C(OH)–C–C–N with tert-alkyl or cyclic N) is 1. The van der Waals surface area contributed by atoms with E-state index in [1.165, 1.54) is 6.42 Å². The van der Waals surface area contributed by atoms with Crippen molar-refractivity contribution in [1.29, 1.82) is 0 Å². The van der Waals surface area contributed by atoms with Crippen LogP contribution in [-0.4, -0.2) is 39.7 Å². The molecule has 1 aliphatic rings. The number of rotatable bonds is 3. The van der Waals surface area contributed by atoms with Crippen LogP contribution in [0.25, 0.3) is 0 Å². The number of aliphatic hydroxyl groups excluding tert-OH is 1. The molecule has 1 unspecified atom stereocenters. The molecule has 0 spiro atoms. The van der Waals surface area contributed by atoms with Gasteiger partial charge >= 0.3 is 0 Å². The van der Waals surface area contributed by atoms with Gasteiger partial charge in [0, 0.05) is 17.9 Å². The summed E-state index contributed by atoms with van der Waals surface area (Å²) in [5, 5.41) is 9.02. The standard InChI is InChI=1S/C12H19N3O/c1-9-8-10(2)14-12(13-9)11-4-3-5-15(11)6-7-16/h8,11,16H,3-7H2,1-2H3. The molecule has 1 aliphatic heterocycles. The second-order valence-electron chi connectivity index (χ2n) is 4.43. The highest BCUT2D eigenvalue weighted by Crippen LogP contribution is 2.29. The molecule has 0 radical (unpaired) electrons. The first-order chi connectivity index (χ1) is 7.70. The number of likely N-dealkylation sites (tertiary alicyclic amines) is 1. The quantitative estimate of drug-likeness (QED) is 0.834. The molecule has 4 nitrogen and oxygen atoms in total. The second-order valence-corrected chi connectivity index (χ2v) is 4.43. The summed E-state index contributed by atoms with van der Waals surface area (Å²) in [6.07, 6.45) is 2.27. The normalized spacial score (nSPS) is 21.6. The predicted molar refractivity (Wildman–Crippen MR) is 62.1 cm³/mol. The Labute approximate surface area is 96.3 Å². The molecular weight excluding hydrogens is 202 g/mol. The lowest BCUT2D eigenvalue weighted by Crippen LogP contribution is -2.27. The number of nitrogens with zero attached hydrogens (tertiary/aromatic N) is 3. The van der Waals surface area contributed by atoms with Crippen molar-refractivity contribution in [3.05, 3.63) is 23.3 Å². The smallest absolute Gasteiger partial charge is 0.145 e. The highest BCUT2D eigenvalue weighted by Gasteiger charge is 2.27. The number of hydrogen-bond acceptors (Lipinski definition) is 4. The van der Waals surface area contributed by atoms with Crippen molar-refractivity contribution in [2.45, 2.75) is 32.7 Å². The molecule has 0 aromatic carbocycles. The number of aryl methyl sites for hydroxylation is 2. The molecule has 0 amide bonds. The Kier molecular flexibility index (Phi) is 3.51. The molecule has 1 aromatic heterocycles. The van der Waals surface area contributed by atoms with Crippen LogP contribution in [0.15, 0.2) is 6.07 Å². The molecule has 2 rings (SSSR count). The van der Waals surface area contributed by atoms with Crippen molar-refractivity contribution in [2.75, 3.05) is 19.7 Å². The van der Waals surface area contributed by atoms with Gasteiger partial charge in [-0.05, 0) is 39.3 Å². The molecule has 88 valence electrons. The van der Waals surface area contributed by atoms with Gasteiger partial charge in [-0.3, -0.25) is 4.90 Å². The van der Waals surface area contributed by atoms with E-state index in [1.807, 2.05) is 19.9 Å². The fourth-order valence-corrected chi connectivity index (χ4v) is 2.42. The van der Waals surface area contributed by atoms with Crippen LogP contribution in [0.2, 0.25) is 0 Å². The summed E-state index contributed by atoms with van der Waals surface area (Å²) in [4.78, 5) is 11.3. The summed E-state index contributed by atoms with van der Waals surface area (Å²) in [5.41, 5.74) is 2.05. The number of hydrogen-bond donors (Lipinski definition) is 1. The topological polar surface area (TPSA) is 49.2 Å². The first-order valence-electron chi connectivity index (χ1n) is 5.88. The molecule has 4 heteroatoms. The maximum atomic E-state index is 9.02. The van der Waals surface area contributed by atoms with Gasteiger partial charge in [-0.15, -0.1) is 0 Å². The molecule has 1 N–H and O–H groups in total. The zero-order valence-corrected chi connectivity index (χ0v) is 9.98. The second kappa shape index (κ2) is 4.89. The third kappa shape index (κ3) is 2.39. The Morgan fingerprint density at radius 1 is 1.38 bits per heavy atom. The van der Waals surface area contributed by atoms with Gasteiger partial charge in [0.25, 0.3) is 0 Å². The van der Waals surface area contributed by atoms with Crippen molar-refractivity contribution in [3.63, 3.8) is 0 Å². The first-order valence-corrected chi connectivity index (χ1v) is 5.88. The molecule has 0 bridgehead atoms. The van der Waals surface area contributed by atoms with E-state index in [4.69, 9.17) is 5.11 Å². The lowest BCUT2D eigenvalue weighted by Gasteiger charge is -2.22. The monoisotopic (exact) mass is 221 g/mol. The zero-order valence-electron chi connectivity index (χ0n) is 9.98. The number of aromatic nitrogens is 2. The van der Waals surface area contributed by atoms with Gasteiger partial charge in [-0.2, -0.15) is 0 Å². The highest BCUT2D eigenvalue weighted by atomic mass is 16.3. The van der Waals surface area contributed by atoms with Crippen LogP contribution in [0.3, 0.4) is 0 Å². The third-order valence-electron chi connectivity index (χ3n) is 3.05. The van der Waals surface area contributed by atoms with E-state index >= 15 is 0 Å². The molecule has 1 aromatic rings. The Morgan fingerprint density at radius 3 is 2.69 bits per heavy atom. The van der Waals surface area contributed by atoms with Crippen LogP contribution in [-0.2, 0) is 0 Å². The van der Waals surface area contributed by atoms with Crippen molar-refractivity contribution >= 4 is 0 Å². The minimum absolute atomic E-state index is 0.210. The molecule has 16 heavy (non-hydrogen) atoms. The van der Waals surface area contributed by atoms with Crippen LogP contribution < -0.4 is 0 Å². The van der Waals surface area contributed by atoms with E-state index < -0.39 is 0 Å². The summed E-state index contributed by atoms with van der Waals surface area (Å²) in [7, 11) is 0. The van der Waals surface area contributed by atoms with Crippen LogP contribution >= 0.6 is 0 Å². The maximum absolute atomic E-state index is 9.02. The Balaban J connectivity index is 2.21. The SMILES string of the molecule is Cc1cc(C)nc(C2CCCN2CCO)n1. The van der Waals surface area contributed by atoms with Crippen molar-refractivity contribution < 1.29 is 5.11 Å². The largest absolute Gasteiger partial charge is 0.395 e. The fraction of sp³-hybridized carbons (Fsp3) is 0.667. The molecular formula is C12H19N3O. The molecule has 1 saturated heterocycles. The summed E-state index contributed by atoms with van der Waals surface area (Å²) in [5.74, 6) is 0.920. The Bertz CT molecular complexity index is 347. The maximum Gasteiger partial charge on any atom is 0.145 e. The van der Waals surface area contributed by atoms with Crippen LogP contribution in [0.4, 0.5) is 0 Å². The van der Waals surface area contributed by atoms with Crippen LogP contribution in [0.5, 0.6) is 0 Å². The lowest BCUT2D eigenvalue weighted by atomic mass is 10.2. The average molecular weight is 221 g/mol. The molecule has 0 saturated carbocycles. The van der Waals surface area contributed by atoms with Crippen LogP contribution in [0, 0.1) is 13.8 Å². The molecule has 1 atom stereocenters. The number of aliphatic hydroxyl groups is 1. The van der Waals surface area contributed by atoms with Gasteiger partial charge in [0.2, 0.25) is 0 Å². The van der Waals surface area contributed by atoms with Gasteiger partial charge in [0.1, 0.15) is 5.82 Å². The lowest BCUT2D eigenvalue weighted by molar-refractivity contribution is 0.181. The average Bonchev–Trinajstić information content (AvgIpc) is 2.65. The van der Waals surface area contributed by atoms with E-state index in [9.17, 15) is 0 Å². The summed E-state index contributed by atoms with van der Waals surface area (Å²) >= 11 is 0. The van der Waals surface area contributed by atoms with Crippen LogP contribution in [0.1, 0.15) is 36.1 Å². The molecule has 0 aliphatic carbocycles. The van der Waals surface area contributed by atoms with Crippen molar-refractivity contribution in [1.82, 2.24) is 14.9 Å². The van der Waals surface area contributed by atoms with E-state index in [0.29, 0.717) is 6.04 Å². The van der Waals surface area contributed by atoms with Gasteiger partial charge in [0.05, 0.1) is 12.6 Å². The zero-order chi connectivity index (χ0) is 11.5. The van der Waals surface area contributed by atoms with Gasteiger partial charge < -0.3 is 5.11 Å². The summed E-state index contributed by atoms with van der Waals surface area (Å²) < 4.78 is 0. The highest BCUT2D eigenvalue weighted by molar-refractivity contribution is 5.11. The van der Waals surface area contributed by atoms with Crippen molar-refractivity contribution in [3.8, 4) is 0 Å². The minimum Gasteiger partial charge on any atom is -0.395 e. The van der Waals surface area contributed by atoms with E-state index in [2.05, 4.69) is 14.9 Å². The van der Waals surface area contributed by atoms with Gasteiger partial charge in [-0.1, -0.05) is 0 Å². The minimum atomic E-state index is 0.210.